The van der Waals surface area contributed by atoms with Crippen LogP contribution in [0.15, 0.2) is 48.5 Å². The molecule has 0 aromatic heterocycles. The molecule has 0 fully saturated rings. The number of rotatable bonds is 8. The number of amides is 1. The first-order valence-electron chi connectivity index (χ1n) is 8.54. The minimum Gasteiger partial charge on any atom is -0.479 e. The van der Waals surface area contributed by atoms with Crippen LogP contribution >= 0.6 is 0 Å². The van der Waals surface area contributed by atoms with E-state index in [0.717, 1.165) is 11.6 Å². The van der Waals surface area contributed by atoms with Crippen LogP contribution in [0.2, 0.25) is 0 Å². The van der Waals surface area contributed by atoms with E-state index in [1.807, 2.05) is 5.32 Å². The molecular formula is C19H18F4N2O5. The first-order chi connectivity index (χ1) is 14.0. The van der Waals surface area contributed by atoms with Crippen molar-refractivity contribution in [3.63, 3.8) is 0 Å². The normalized spacial score (nSPS) is 14.5. The van der Waals surface area contributed by atoms with Gasteiger partial charge in [0.2, 0.25) is 0 Å². The zero-order valence-corrected chi connectivity index (χ0v) is 15.3. The van der Waals surface area contributed by atoms with Gasteiger partial charge in [-0.3, -0.25) is 4.79 Å². The summed E-state index contributed by atoms with van der Waals surface area (Å²) in [5.41, 5.74) is 6.12. The van der Waals surface area contributed by atoms with E-state index in [1.165, 1.54) is 0 Å². The molecule has 0 radical (unpaired) electrons. The minimum absolute atomic E-state index is 0.104. The highest BCUT2D eigenvalue weighted by Gasteiger charge is 2.34. The number of hydrogen-bond donors (Lipinski definition) is 4. The molecule has 3 atom stereocenters. The SMILES string of the molecule is N[C@H](Cc1ccccc1)[C@H](O)C(=O)N[C@@H](C(=O)O)c1ccc(F)c(OC(F)(F)F)c1. The number of carbonyl (C=O) groups excluding carboxylic acids is 1. The fraction of sp³-hybridized carbons (Fsp3) is 0.263. The number of carboxylic acids is 1. The maximum absolute atomic E-state index is 13.6. The van der Waals surface area contributed by atoms with Crippen LogP contribution in [0.1, 0.15) is 17.2 Å². The fourth-order valence-electron chi connectivity index (χ4n) is 2.61. The lowest BCUT2D eigenvalue weighted by atomic mass is 10.0. The Bertz CT molecular complexity index is 892. The van der Waals surface area contributed by atoms with Gasteiger partial charge in [-0.05, 0) is 29.7 Å². The largest absolute Gasteiger partial charge is 0.573 e. The molecule has 11 heteroatoms. The third kappa shape index (κ3) is 6.42. The second-order valence-electron chi connectivity index (χ2n) is 6.32. The second-order valence-corrected chi connectivity index (χ2v) is 6.32. The smallest absolute Gasteiger partial charge is 0.479 e. The Morgan fingerprint density at radius 3 is 2.33 bits per heavy atom. The molecule has 0 saturated carbocycles. The van der Waals surface area contributed by atoms with Crippen LogP contribution < -0.4 is 15.8 Å². The van der Waals surface area contributed by atoms with Crippen LogP contribution in [-0.4, -0.2) is 40.6 Å². The molecule has 5 N–H and O–H groups in total. The molecule has 2 aromatic rings. The highest BCUT2D eigenvalue weighted by molar-refractivity contribution is 5.87. The van der Waals surface area contributed by atoms with Crippen molar-refractivity contribution in [2.24, 2.45) is 5.73 Å². The Balaban J connectivity index is 2.16. The lowest BCUT2D eigenvalue weighted by Crippen LogP contribution is -2.49. The van der Waals surface area contributed by atoms with Crippen molar-refractivity contribution in [1.82, 2.24) is 5.32 Å². The highest BCUT2D eigenvalue weighted by atomic mass is 19.4. The van der Waals surface area contributed by atoms with Crippen LogP contribution in [0.5, 0.6) is 5.75 Å². The first kappa shape index (κ1) is 23.1. The average Bonchev–Trinajstić information content (AvgIpc) is 2.66. The zero-order valence-electron chi connectivity index (χ0n) is 15.3. The molecule has 2 rings (SSSR count). The summed E-state index contributed by atoms with van der Waals surface area (Å²) in [4.78, 5) is 23.8. The molecule has 0 aliphatic heterocycles. The van der Waals surface area contributed by atoms with E-state index in [1.54, 1.807) is 30.3 Å². The van der Waals surface area contributed by atoms with E-state index in [-0.39, 0.29) is 6.42 Å². The van der Waals surface area contributed by atoms with E-state index in [9.17, 15) is 37.4 Å². The number of nitrogens with two attached hydrogens (primary N) is 1. The number of benzene rings is 2. The Hall–Kier alpha value is -3.18. The average molecular weight is 430 g/mol. The standard InChI is InChI=1S/C19H18F4N2O5/c20-12-7-6-11(9-14(12)30-19(21,22)23)15(18(28)29)25-17(27)16(26)13(24)8-10-4-2-1-3-5-10/h1-7,9,13,15-16,26H,8,24H2,(H,25,27)(H,28,29)/t13-,15-,16+/m1/s1. The number of carboxylic acid groups (broad SMARTS) is 1. The molecule has 0 saturated heterocycles. The fourth-order valence-corrected chi connectivity index (χ4v) is 2.61. The van der Waals surface area contributed by atoms with Gasteiger partial charge >= 0.3 is 12.3 Å². The van der Waals surface area contributed by atoms with Crippen LogP contribution in [0.25, 0.3) is 0 Å². The monoisotopic (exact) mass is 430 g/mol. The number of aliphatic carboxylic acids is 1. The summed E-state index contributed by atoms with van der Waals surface area (Å²) in [6.07, 6.45) is -6.91. The summed E-state index contributed by atoms with van der Waals surface area (Å²) in [6, 6.07) is 7.61. The molecule has 0 aliphatic rings. The number of carbonyl (C=O) groups is 2. The van der Waals surface area contributed by atoms with E-state index >= 15 is 0 Å². The van der Waals surface area contributed by atoms with Crippen LogP contribution in [-0.2, 0) is 16.0 Å². The summed E-state index contributed by atoms with van der Waals surface area (Å²) < 4.78 is 54.2. The van der Waals surface area contributed by atoms with Crippen LogP contribution in [0.4, 0.5) is 17.6 Å². The van der Waals surface area contributed by atoms with Gasteiger partial charge < -0.3 is 26.0 Å². The van der Waals surface area contributed by atoms with Gasteiger partial charge in [0.15, 0.2) is 17.6 Å². The number of halogens is 4. The molecule has 2 aromatic carbocycles. The van der Waals surface area contributed by atoms with E-state index in [0.29, 0.717) is 12.1 Å². The molecule has 0 spiro atoms. The lowest BCUT2D eigenvalue weighted by molar-refractivity contribution is -0.275. The van der Waals surface area contributed by atoms with Crippen LogP contribution in [0.3, 0.4) is 0 Å². The van der Waals surface area contributed by atoms with Crippen molar-refractivity contribution < 1.29 is 42.1 Å². The maximum atomic E-state index is 13.6. The van der Waals surface area contributed by atoms with Crippen molar-refractivity contribution in [2.45, 2.75) is 31.0 Å². The van der Waals surface area contributed by atoms with Gasteiger partial charge in [0, 0.05) is 6.04 Å². The first-order valence-corrected chi connectivity index (χ1v) is 8.54. The third-order valence-electron chi connectivity index (χ3n) is 4.04. The molecule has 30 heavy (non-hydrogen) atoms. The summed E-state index contributed by atoms with van der Waals surface area (Å²) in [7, 11) is 0. The van der Waals surface area contributed by atoms with Gasteiger partial charge in [-0.15, -0.1) is 13.2 Å². The van der Waals surface area contributed by atoms with Crippen molar-refractivity contribution in [1.29, 1.82) is 0 Å². The van der Waals surface area contributed by atoms with Gasteiger partial charge in [0.1, 0.15) is 6.10 Å². The van der Waals surface area contributed by atoms with E-state index in [4.69, 9.17) is 5.73 Å². The number of aliphatic hydroxyl groups is 1. The quantitative estimate of drug-likeness (QED) is 0.475. The van der Waals surface area contributed by atoms with Crippen molar-refractivity contribution in [2.75, 3.05) is 0 Å². The number of hydrogen-bond acceptors (Lipinski definition) is 5. The maximum Gasteiger partial charge on any atom is 0.573 e. The van der Waals surface area contributed by atoms with Crippen molar-refractivity contribution in [3.8, 4) is 5.75 Å². The molecule has 0 bridgehead atoms. The van der Waals surface area contributed by atoms with E-state index < -0.39 is 53.6 Å². The lowest BCUT2D eigenvalue weighted by Gasteiger charge is -2.22. The highest BCUT2D eigenvalue weighted by Crippen LogP contribution is 2.28. The summed E-state index contributed by atoms with van der Waals surface area (Å²) in [6.45, 7) is 0. The third-order valence-corrected chi connectivity index (χ3v) is 4.04. The number of aliphatic hydroxyl groups excluding tert-OH is 1. The van der Waals surface area contributed by atoms with Gasteiger partial charge in [-0.1, -0.05) is 36.4 Å². The van der Waals surface area contributed by atoms with E-state index in [2.05, 4.69) is 4.74 Å². The topological polar surface area (TPSA) is 122 Å². The number of alkyl halides is 3. The van der Waals surface area contributed by atoms with Gasteiger partial charge in [0.05, 0.1) is 0 Å². The molecule has 0 aliphatic carbocycles. The molecule has 1 amide bonds. The van der Waals surface area contributed by atoms with Crippen LogP contribution in [0, 0.1) is 5.82 Å². The predicted molar refractivity (Wildman–Crippen MR) is 95.7 cm³/mol. The number of nitrogens with one attached hydrogen (secondary N) is 1. The molecule has 0 heterocycles. The molecule has 0 unspecified atom stereocenters. The molecule has 162 valence electrons. The number of ether oxygens (including phenoxy) is 1. The minimum atomic E-state index is -5.21. The van der Waals surface area contributed by atoms with Crippen molar-refractivity contribution >= 4 is 11.9 Å². The Morgan fingerprint density at radius 2 is 1.77 bits per heavy atom. The summed E-state index contributed by atoms with van der Waals surface area (Å²) in [5, 5.41) is 21.4. The summed E-state index contributed by atoms with van der Waals surface area (Å²) >= 11 is 0. The Kier molecular flexibility index (Phi) is 7.35. The second kappa shape index (κ2) is 9.55. The molecular weight excluding hydrogens is 412 g/mol. The van der Waals surface area contributed by atoms with Gasteiger partial charge in [-0.2, -0.15) is 0 Å². The predicted octanol–water partition coefficient (Wildman–Crippen LogP) is 1.90. The Morgan fingerprint density at radius 1 is 1.13 bits per heavy atom. The Labute approximate surface area is 168 Å². The molecule has 7 nitrogen and oxygen atoms in total. The van der Waals surface area contributed by atoms with Gasteiger partial charge in [0.25, 0.3) is 5.91 Å². The zero-order chi connectivity index (χ0) is 22.5. The summed E-state index contributed by atoms with van der Waals surface area (Å²) in [5.74, 6) is -5.46. The van der Waals surface area contributed by atoms with Gasteiger partial charge in [-0.25, -0.2) is 9.18 Å². The van der Waals surface area contributed by atoms with Crippen molar-refractivity contribution in [3.05, 3.63) is 65.5 Å².